The molecule has 2 aromatic rings. The number of hydrogen-bond acceptors (Lipinski definition) is 4. The van der Waals surface area contributed by atoms with E-state index in [9.17, 15) is 9.59 Å². The standard InChI is InChI=1S/C22H28N2O4/c1-16(2)13-24(21(25)18-8-6-17(3)7-9-18)15-19-14-23(10-12-27-19)22(26)20-5-4-11-28-20/h4-9,11,16,19H,10,12-15H2,1-3H3/t19-/m1/s1. The minimum atomic E-state index is -0.221. The maximum absolute atomic E-state index is 13.0. The van der Waals surface area contributed by atoms with Crippen molar-refractivity contribution in [3.8, 4) is 0 Å². The Morgan fingerprint density at radius 2 is 1.96 bits per heavy atom. The lowest BCUT2D eigenvalue weighted by molar-refractivity contribution is -0.0347. The molecule has 0 unspecified atom stereocenters. The topological polar surface area (TPSA) is 63.0 Å². The fourth-order valence-corrected chi connectivity index (χ4v) is 3.38. The van der Waals surface area contributed by atoms with E-state index in [0.717, 1.165) is 5.56 Å². The fourth-order valence-electron chi connectivity index (χ4n) is 3.38. The minimum Gasteiger partial charge on any atom is -0.459 e. The summed E-state index contributed by atoms with van der Waals surface area (Å²) in [6.45, 7) is 8.67. The molecule has 1 atom stereocenters. The lowest BCUT2D eigenvalue weighted by Crippen LogP contribution is -2.51. The van der Waals surface area contributed by atoms with Crippen LogP contribution in [0, 0.1) is 12.8 Å². The van der Waals surface area contributed by atoms with E-state index in [1.807, 2.05) is 36.1 Å². The monoisotopic (exact) mass is 384 g/mol. The highest BCUT2D eigenvalue weighted by Gasteiger charge is 2.29. The van der Waals surface area contributed by atoms with Gasteiger partial charge in [-0.1, -0.05) is 31.5 Å². The van der Waals surface area contributed by atoms with Crippen molar-refractivity contribution in [3.05, 3.63) is 59.5 Å². The summed E-state index contributed by atoms with van der Waals surface area (Å²) in [5, 5.41) is 0. The van der Waals surface area contributed by atoms with Gasteiger partial charge in [0.15, 0.2) is 5.76 Å². The Hall–Kier alpha value is -2.60. The molecule has 1 aromatic carbocycles. The fraction of sp³-hybridized carbons (Fsp3) is 0.455. The highest BCUT2D eigenvalue weighted by atomic mass is 16.5. The number of amides is 2. The Morgan fingerprint density at radius 1 is 1.21 bits per heavy atom. The summed E-state index contributed by atoms with van der Waals surface area (Å²) < 4.78 is 11.1. The molecular formula is C22H28N2O4. The van der Waals surface area contributed by atoms with Gasteiger partial charge in [-0.25, -0.2) is 0 Å². The number of aryl methyl sites for hydroxylation is 1. The molecule has 6 heteroatoms. The van der Waals surface area contributed by atoms with E-state index >= 15 is 0 Å². The lowest BCUT2D eigenvalue weighted by Gasteiger charge is -2.36. The summed E-state index contributed by atoms with van der Waals surface area (Å²) in [6, 6.07) is 11.0. The first-order chi connectivity index (χ1) is 13.4. The van der Waals surface area contributed by atoms with Gasteiger partial charge in [0.2, 0.25) is 0 Å². The highest BCUT2D eigenvalue weighted by molar-refractivity contribution is 5.94. The van der Waals surface area contributed by atoms with Crippen LogP contribution >= 0.6 is 0 Å². The molecule has 2 amide bonds. The van der Waals surface area contributed by atoms with Gasteiger partial charge < -0.3 is 19.0 Å². The number of rotatable bonds is 6. The van der Waals surface area contributed by atoms with E-state index in [4.69, 9.17) is 9.15 Å². The van der Waals surface area contributed by atoms with Crippen LogP contribution in [0.2, 0.25) is 0 Å². The summed E-state index contributed by atoms with van der Waals surface area (Å²) in [5.41, 5.74) is 1.79. The molecule has 6 nitrogen and oxygen atoms in total. The van der Waals surface area contributed by atoms with Gasteiger partial charge in [0, 0.05) is 31.7 Å². The zero-order chi connectivity index (χ0) is 20.1. The third kappa shape index (κ3) is 5.01. The first-order valence-electron chi connectivity index (χ1n) is 9.74. The van der Waals surface area contributed by atoms with Crippen LogP contribution in [0.15, 0.2) is 47.1 Å². The van der Waals surface area contributed by atoms with Crippen molar-refractivity contribution < 1.29 is 18.7 Å². The van der Waals surface area contributed by atoms with Crippen molar-refractivity contribution in [3.63, 3.8) is 0 Å². The van der Waals surface area contributed by atoms with Crippen molar-refractivity contribution >= 4 is 11.8 Å². The molecule has 150 valence electrons. The van der Waals surface area contributed by atoms with Gasteiger partial charge in [-0.05, 0) is 37.1 Å². The summed E-state index contributed by atoms with van der Waals surface area (Å²) in [4.78, 5) is 29.2. The molecule has 0 saturated carbocycles. The number of hydrogen-bond donors (Lipinski definition) is 0. The second-order valence-electron chi connectivity index (χ2n) is 7.69. The molecule has 0 radical (unpaired) electrons. The van der Waals surface area contributed by atoms with Crippen molar-refractivity contribution in [2.24, 2.45) is 5.92 Å². The van der Waals surface area contributed by atoms with Gasteiger partial charge >= 0.3 is 0 Å². The first-order valence-corrected chi connectivity index (χ1v) is 9.74. The first kappa shape index (κ1) is 20.1. The lowest BCUT2D eigenvalue weighted by atomic mass is 10.1. The Labute approximate surface area is 166 Å². The highest BCUT2D eigenvalue weighted by Crippen LogP contribution is 2.15. The number of nitrogens with zero attached hydrogens (tertiary/aromatic N) is 2. The molecule has 1 aromatic heterocycles. The van der Waals surface area contributed by atoms with Gasteiger partial charge in [-0.15, -0.1) is 0 Å². The molecule has 28 heavy (non-hydrogen) atoms. The molecule has 0 bridgehead atoms. The van der Waals surface area contributed by atoms with E-state index in [0.29, 0.717) is 50.0 Å². The van der Waals surface area contributed by atoms with Crippen LogP contribution in [0.1, 0.15) is 40.3 Å². The van der Waals surface area contributed by atoms with Gasteiger partial charge in [0.05, 0.1) is 19.0 Å². The zero-order valence-corrected chi connectivity index (χ0v) is 16.8. The molecule has 3 rings (SSSR count). The molecule has 0 aliphatic carbocycles. The van der Waals surface area contributed by atoms with Gasteiger partial charge in [-0.2, -0.15) is 0 Å². The molecule has 1 fully saturated rings. The maximum Gasteiger partial charge on any atom is 0.289 e. The molecule has 1 aliphatic rings. The Kier molecular flexibility index (Phi) is 6.52. The summed E-state index contributed by atoms with van der Waals surface area (Å²) in [5.74, 6) is 0.514. The zero-order valence-electron chi connectivity index (χ0n) is 16.8. The summed E-state index contributed by atoms with van der Waals surface area (Å²) in [6.07, 6.45) is 1.27. The van der Waals surface area contributed by atoms with E-state index < -0.39 is 0 Å². The van der Waals surface area contributed by atoms with E-state index in [-0.39, 0.29) is 17.9 Å². The minimum absolute atomic E-state index is 0.00761. The number of carbonyl (C=O) groups excluding carboxylic acids is 2. The van der Waals surface area contributed by atoms with Crippen LogP contribution in [0.3, 0.4) is 0 Å². The van der Waals surface area contributed by atoms with Crippen LogP contribution in [0.4, 0.5) is 0 Å². The molecule has 1 aliphatic heterocycles. The van der Waals surface area contributed by atoms with E-state index in [1.165, 1.54) is 6.26 Å². The van der Waals surface area contributed by atoms with Crippen LogP contribution < -0.4 is 0 Å². The van der Waals surface area contributed by atoms with Crippen molar-refractivity contribution in [2.75, 3.05) is 32.8 Å². The van der Waals surface area contributed by atoms with Crippen LogP contribution in [-0.4, -0.2) is 60.5 Å². The van der Waals surface area contributed by atoms with Crippen LogP contribution in [0.5, 0.6) is 0 Å². The Balaban J connectivity index is 1.68. The predicted molar refractivity (Wildman–Crippen MR) is 106 cm³/mol. The SMILES string of the molecule is Cc1ccc(C(=O)N(CC(C)C)C[C@H]2CN(C(=O)c3ccco3)CCO2)cc1. The maximum atomic E-state index is 13.0. The summed E-state index contributed by atoms with van der Waals surface area (Å²) >= 11 is 0. The van der Waals surface area contributed by atoms with E-state index in [1.54, 1.807) is 17.0 Å². The molecule has 2 heterocycles. The molecule has 1 saturated heterocycles. The number of ether oxygens (including phenoxy) is 1. The van der Waals surface area contributed by atoms with Gasteiger partial charge in [-0.3, -0.25) is 9.59 Å². The van der Waals surface area contributed by atoms with E-state index in [2.05, 4.69) is 13.8 Å². The normalized spacial score (nSPS) is 17.0. The van der Waals surface area contributed by atoms with Gasteiger partial charge in [0.25, 0.3) is 11.8 Å². The molecule has 0 N–H and O–H groups in total. The van der Waals surface area contributed by atoms with Crippen molar-refractivity contribution in [1.29, 1.82) is 0 Å². The smallest absolute Gasteiger partial charge is 0.289 e. The number of benzene rings is 1. The Bertz CT molecular complexity index is 783. The number of morpholine rings is 1. The third-order valence-corrected chi connectivity index (χ3v) is 4.75. The molecule has 0 spiro atoms. The number of carbonyl (C=O) groups is 2. The van der Waals surface area contributed by atoms with Gasteiger partial charge in [0.1, 0.15) is 0 Å². The van der Waals surface area contributed by atoms with Crippen LogP contribution in [-0.2, 0) is 4.74 Å². The average Bonchev–Trinajstić information content (AvgIpc) is 3.21. The second kappa shape index (κ2) is 9.06. The Morgan fingerprint density at radius 3 is 2.61 bits per heavy atom. The average molecular weight is 384 g/mol. The van der Waals surface area contributed by atoms with Crippen molar-refractivity contribution in [1.82, 2.24) is 9.80 Å². The second-order valence-corrected chi connectivity index (χ2v) is 7.69. The quantitative estimate of drug-likeness (QED) is 0.767. The van der Waals surface area contributed by atoms with Crippen LogP contribution in [0.25, 0.3) is 0 Å². The third-order valence-electron chi connectivity index (χ3n) is 4.75. The predicted octanol–water partition coefficient (Wildman–Crippen LogP) is 3.23. The number of furan rings is 1. The largest absolute Gasteiger partial charge is 0.459 e. The summed E-state index contributed by atoms with van der Waals surface area (Å²) in [7, 11) is 0. The molecular weight excluding hydrogens is 356 g/mol. The van der Waals surface area contributed by atoms with Crippen molar-refractivity contribution in [2.45, 2.75) is 26.9 Å².